The minimum absolute atomic E-state index is 0.861. The van der Waals surface area contributed by atoms with Crippen LogP contribution in [0.15, 0.2) is 0 Å². The van der Waals surface area contributed by atoms with Crippen LogP contribution < -0.4 is 5.73 Å². The molecule has 2 N–H and O–H groups in total. The molecular formula is C2H5NO4S. The molecule has 8 heavy (non-hydrogen) atoms. The number of primary amides is 1. The summed E-state index contributed by atoms with van der Waals surface area (Å²) >= 11 is 0. The van der Waals surface area contributed by atoms with E-state index < -0.39 is 15.4 Å². The maximum absolute atomic E-state index is 10.0. The van der Waals surface area contributed by atoms with E-state index in [9.17, 15) is 13.2 Å². The van der Waals surface area contributed by atoms with Crippen molar-refractivity contribution < 1.29 is 17.4 Å². The van der Waals surface area contributed by atoms with Crippen LogP contribution in [0.1, 0.15) is 0 Å². The molecule has 0 aromatic rings. The van der Waals surface area contributed by atoms with Crippen LogP contribution in [0.4, 0.5) is 4.79 Å². The van der Waals surface area contributed by atoms with Gasteiger partial charge in [-0.05, 0) is 0 Å². The molecule has 0 aliphatic heterocycles. The maximum atomic E-state index is 10.0. The molecule has 0 fully saturated rings. The van der Waals surface area contributed by atoms with Gasteiger partial charge in [0, 0.05) is 0 Å². The monoisotopic (exact) mass is 139 g/mol. The summed E-state index contributed by atoms with van der Waals surface area (Å²) in [5.41, 5.74) is 4.33. The first-order chi connectivity index (χ1) is 3.50. The van der Waals surface area contributed by atoms with Crippen LogP contribution >= 0.6 is 0 Å². The van der Waals surface area contributed by atoms with Crippen LogP contribution in [0.25, 0.3) is 0 Å². The van der Waals surface area contributed by atoms with Crippen LogP contribution in [0.3, 0.4) is 0 Å². The highest BCUT2D eigenvalue weighted by molar-refractivity contribution is 8.01. The second kappa shape index (κ2) is 2.10. The van der Waals surface area contributed by atoms with Crippen molar-refractivity contribution in [3.05, 3.63) is 0 Å². The summed E-state index contributed by atoms with van der Waals surface area (Å²) in [6.07, 6.45) is 0. The Labute approximate surface area is 46.6 Å². The van der Waals surface area contributed by atoms with Crippen LogP contribution in [0.2, 0.25) is 0 Å². The quantitative estimate of drug-likeness (QED) is 0.474. The molecule has 0 aliphatic carbocycles. The lowest BCUT2D eigenvalue weighted by molar-refractivity contribution is 0.260. The van der Waals surface area contributed by atoms with Crippen molar-refractivity contribution in [2.75, 3.05) is 7.11 Å². The first-order valence-corrected chi connectivity index (χ1v) is 3.01. The van der Waals surface area contributed by atoms with Gasteiger partial charge in [-0.3, -0.25) is 8.98 Å². The summed E-state index contributed by atoms with van der Waals surface area (Å²) < 4.78 is 23.7. The lowest BCUT2D eigenvalue weighted by atomic mass is 11.5. The van der Waals surface area contributed by atoms with E-state index in [1.54, 1.807) is 0 Å². The highest BCUT2D eigenvalue weighted by atomic mass is 32.2. The van der Waals surface area contributed by atoms with Crippen molar-refractivity contribution in [1.29, 1.82) is 0 Å². The summed E-state index contributed by atoms with van der Waals surface area (Å²) in [5.74, 6) is 0. The first-order valence-electron chi connectivity index (χ1n) is 1.61. The Bertz CT molecular complexity index is 180. The highest BCUT2D eigenvalue weighted by Gasteiger charge is 2.15. The lowest BCUT2D eigenvalue weighted by Gasteiger charge is -1.90. The van der Waals surface area contributed by atoms with Crippen molar-refractivity contribution in [3.8, 4) is 0 Å². The van der Waals surface area contributed by atoms with Crippen molar-refractivity contribution in [2.24, 2.45) is 5.73 Å². The maximum Gasteiger partial charge on any atom is 0.361 e. The Kier molecular flexibility index (Phi) is 1.94. The largest absolute Gasteiger partial charge is 0.361 e. The number of hydrogen-bond donors (Lipinski definition) is 1. The van der Waals surface area contributed by atoms with Crippen LogP contribution in [0.5, 0.6) is 0 Å². The van der Waals surface area contributed by atoms with Gasteiger partial charge >= 0.3 is 15.4 Å². The first kappa shape index (κ1) is 7.38. The average molecular weight is 139 g/mol. The molecule has 6 heteroatoms. The van der Waals surface area contributed by atoms with E-state index in [1.807, 2.05) is 0 Å². The molecule has 0 saturated heterocycles. The van der Waals surface area contributed by atoms with Gasteiger partial charge in [-0.2, -0.15) is 8.42 Å². The molecule has 48 valence electrons. The summed E-state index contributed by atoms with van der Waals surface area (Å²) in [4.78, 5) is 9.76. The van der Waals surface area contributed by atoms with Crippen LogP contribution in [-0.2, 0) is 14.3 Å². The Morgan fingerprint density at radius 3 is 2.00 bits per heavy atom. The van der Waals surface area contributed by atoms with Gasteiger partial charge < -0.3 is 5.73 Å². The Balaban J connectivity index is 4.42. The fourth-order valence-corrected chi connectivity index (χ4v) is 0.246. The summed E-state index contributed by atoms with van der Waals surface area (Å²) in [6, 6.07) is 0. The zero-order valence-electron chi connectivity index (χ0n) is 4.12. The van der Waals surface area contributed by atoms with E-state index in [4.69, 9.17) is 0 Å². The molecule has 0 radical (unpaired) electrons. The van der Waals surface area contributed by atoms with Gasteiger partial charge in [0.15, 0.2) is 0 Å². The lowest BCUT2D eigenvalue weighted by Crippen LogP contribution is -2.22. The molecule has 5 nitrogen and oxygen atoms in total. The molecule has 0 heterocycles. The Hall–Kier alpha value is -0.620. The Morgan fingerprint density at radius 1 is 1.62 bits per heavy atom. The molecule has 0 aromatic carbocycles. The summed E-state index contributed by atoms with van der Waals surface area (Å²) in [5, 5.41) is -1.47. The molecule has 0 rings (SSSR count). The van der Waals surface area contributed by atoms with Gasteiger partial charge in [-0.25, -0.2) is 0 Å². The van der Waals surface area contributed by atoms with Crippen molar-refractivity contribution >= 4 is 15.4 Å². The summed E-state index contributed by atoms with van der Waals surface area (Å²) in [7, 11) is -3.24. The standard InChI is InChI=1S/C2H5NO4S/c1-7-8(5,6)2(3)4/h1H3,(H2,3,4). The predicted molar refractivity (Wildman–Crippen MR) is 25.5 cm³/mol. The molecule has 0 saturated carbocycles. The van der Waals surface area contributed by atoms with Gasteiger partial charge in [0.2, 0.25) is 0 Å². The average Bonchev–Trinajstić information content (AvgIpc) is 1.67. The Morgan fingerprint density at radius 2 is 2.00 bits per heavy atom. The third kappa shape index (κ3) is 1.47. The number of carbonyl (C=O) groups excluding carboxylic acids is 1. The second-order valence-electron chi connectivity index (χ2n) is 0.940. The number of hydrogen-bond acceptors (Lipinski definition) is 4. The molecule has 0 aliphatic rings. The predicted octanol–water partition coefficient (Wildman–Crippen LogP) is -0.959. The smallest absolute Gasteiger partial charge is 0.354 e. The van der Waals surface area contributed by atoms with E-state index in [1.165, 1.54) is 0 Å². The van der Waals surface area contributed by atoms with E-state index in [0.29, 0.717) is 0 Å². The minimum atomic E-state index is -4.10. The number of nitrogens with two attached hydrogens (primary N) is 1. The van der Waals surface area contributed by atoms with Crippen molar-refractivity contribution in [2.45, 2.75) is 0 Å². The zero-order valence-corrected chi connectivity index (χ0v) is 4.94. The fraction of sp³-hybridized carbons (Fsp3) is 0.500. The second-order valence-corrected chi connectivity index (χ2v) is 2.58. The van der Waals surface area contributed by atoms with Crippen molar-refractivity contribution in [3.63, 3.8) is 0 Å². The molecule has 0 atom stereocenters. The van der Waals surface area contributed by atoms with E-state index in [0.717, 1.165) is 7.11 Å². The molecular weight excluding hydrogens is 134 g/mol. The van der Waals surface area contributed by atoms with E-state index >= 15 is 0 Å². The number of carbonyl (C=O) groups is 1. The van der Waals surface area contributed by atoms with Gasteiger partial charge in [0.05, 0.1) is 7.11 Å². The number of rotatable bonds is 1. The fourth-order valence-electron chi connectivity index (χ4n) is 0.0821. The topological polar surface area (TPSA) is 86.5 Å². The summed E-state index contributed by atoms with van der Waals surface area (Å²) in [6.45, 7) is 0. The van der Waals surface area contributed by atoms with Gasteiger partial charge in [-0.1, -0.05) is 0 Å². The normalized spacial score (nSPS) is 11.1. The molecule has 0 unspecified atom stereocenters. The molecule has 0 aromatic heterocycles. The van der Waals surface area contributed by atoms with Crippen LogP contribution in [0, 0.1) is 0 Å². The minimum Gasteiger partial charge on any atom is -0.354 e. The van der Waals surface area contributed by atoms with Gasteiger partial charge in [0.25, 0.3) is 0 Å². The molecule has 0 bridgehead atoms. The van der Waals surface area contributed by atoms with Crippen LogP contribution in [-0.4, -0.2) is 20.8 Å². The van der Waals surface area contributed by atoms with Gasteiger partial charge in [0.1, 0.15) is 0 Å². The number of amides is 1. The third-order valence-electron chi connectivity index (χ3n) is 0.466. The van der Waals surface area contributed by atoms with Crippen molar-refractivity contribution in [1.82, 2.24) is 0 Å². The molecule has 0 spiro atoms. The molecule has 1 amide bonds. The van der Waals surface area contributed by atoms with Gasteiger partial charge in [-0.15, -0.1) is 0 Å². The van der Waals surface area contributed by atoms with E-state index in [-0.39, 0.29) is 0 Å². The third-order valence-corrected chi connectivity index (χ3v) is 1.40. The zero-order chi connectivity index (χ0) is 6.78. The van der Waals surface area contributed by atoms with E-state index in [2.05, 4.69) is 9.92 Å². The highest BCUT2D eigenvalue weighted by Crippen LogP contribution is 1.86. The SMILES string of the molecule is COS(=O)(=O)C(N)=O.